The lowest BCUT2D eigenvalue weighted by Crippen LogP contribution is -2.18. The van der Waals surface area contributed by atoms with E-state index < -0.39 is 17.7 Å². The van der Waals surface area contributed by atoms with Gasteiger partial charge in [-0.3, -0.25) is 0 Å². The summed E-state index contributed by atoms with van der Waals surface area (Å²) < 4.78 is 36.2. The first-order chi connectivity index (χ1) is 9.61. The van der Waals surface area contributed by atoms with E-state index >= 15 is 0 Å². The van der Waals surface area contributed by atoms with Crippen LogP contribution < -0.4 is 5.73 Å². The molecule has 1 heterocycles. The van der Waals surface area contributed by atoms with Crippen molar-refractivity contribution in [3.63, 3.8) is 0 Å². The van der Waals surface area contributed by atoms with Crippen molar-refractivity contribution in [2.75, 3.05) is 13.2 Å². The third-order valence-electron chi connectivity index (χ3n) is 2.59. The van der Waals surface area contributed by atoms with Crippen LogP contribution in [0.25, 0.3) is 11.5 Å². The predicted octanol–water partition coefficient (Wildman–Crippen LogP) is 2.44. The Labute approximate surface area is 114 Å². The van der Waals surface area contributed by atoms with Crippen molar-refractivity contribution in [2.24, 2.45) is 5.73 Å². The average Bonchev–Trinajstić information content (AvgIpc) is 2.92. The molecule has 0 aliphatic heterocycles. The van der Waals surface area contributed by atoms with Gasteiger partial charge >= 0.3 is 0 Å². The fourth-order valence-electron chi connectivity index (χ4n) is 1.56. The zero-order valence-electron chi connectivity index (χ0n) is 11.0. The van der Waals surface area contributed by atoms with Gasteiger partial charge in [0.05, 0.1) is 12.6 Å². The minimum absolute atomic E-state index is 0.0878. The van der Waals surface area contributed by atoms with Gasteiger partial charge in [-0.15, -0.1) is 0 Å². The highest BCUT2D eigenvalue weighted by molar-refractivity contribution is 5.52. The zero-order chi connectivity index (χ0) is 14.5. The maximum Gasteiger partial charge on any atom is 0.258 e. The molecule has 1 atom stereocenters. The molecule has 0 saturated heterocycles. The molecular weight excluding hydrogens is 268 g/mol. The SMILES string of the molecule is CCCOCC(N)c1noc(-c2ccc(F)c(F)c2)n1. The van der Waals surface area contributed by atoms with Crippen molar-refractivity contribution < 1.29 is 18.0 Å². The molecule has 0 aliphatic carbocycles. The van der Waals surface area contributed by atoms with E-state index in [1.165, 1.54) is 6.07 Å². The van der Waals surface area contributed by atoms with Gasteiger partial charge in [-0.1, -0.05) is 12.1 Å². The molecule has 0 amide bonds. The van der Waals surface area contributed by atoms with Crippen LogP contribution in [0.5, 0.6) is 0 Å². The first-order valence-corrected chi connectivity index (χ1v) is 6.24. The maximum absolute atomic E-state index is 13.1. The number of benzene rings is 1. The molecule has 108 valence electrons. The fourth-order valence-corrected chi connectivity index (χ4v) is 1.56. The summed E-state index contributed by atoms with van der Waals surface area (Å²) >= 11 is 0. The molecule has 0 bridgehead atoms. The molecule has 7 heteroatoms. The van der Waals surface area contributed by atoms with Crippen LogP contribution >= 0.6 is 0 Å². The molecule has 0 saturated carbocycles. The molecule has 1 unspecified atom stereocenters. The molecule has 1 aromatic heterocycles. The summed E-state index contributed by atoms with van der Waals surface area (Å²) in [5, 5.41) is 3.72. The third kappa shape index (κ3) is 3.37. The molecule has 0 spiro atoms. The van der Waals surface area contributed by atoms with Gasteiger partial charge in [0.25, 0.3) is 5.89 Å². The number of aromatic nitrogens is 2. The number of nitrogens with two attached hydrogens (primary N) is 1. The molecular formula is C13H15F2N3O2. The molecule has 0 aliphatic rings. The van der Waals surface area contributed by atoms with Gasteiger partial charge in [-0.2, -0.15) is 4.98 Å². The number of hydrogen-bond donors (Lipinski definition) is 1. The lowest BCUT2D eigenvalue weighted by atomic mass is 10.2. The monoisotopic (exact) mass is 283 g/mol. The van der Waals surface area contributed by atoms with Crippen LogP contribution in [0.2, 0.25) is 0 Å². The molecule has 2 rings (SSSR count). The van der Waals surface area contributed by atoms with Crippen LogP contribution in [0.4, 0.5) is 8.78 Å². The molecule has 1 aromatic carbocycles. The Morgan fingerprint density at radius 2 is 2.15 bits per heavy atom. The second-order valence-corrected chi connectivity index (χ2v) is 4.27. The summed E-state index contributed by atoms with van der Waals surface area (Å²) in [4.78, 5) is 4.06. The Bertz CT molecular complexity index is 574. The van der Waals surface area contributed by atoms with Gasteiger partial charge in [0.15, 0.2) is 17.5 Å². The van der Waals surface area contributed by atoms with Gasteiger partial charge in [-0.05, 0) is 24.6 Å². The summed E-state index contributed by atoms with van der Waals surface area (Å²) in [5.74, 6) is -1.55. The summed E-state index contributed by atoms with van der Waals surface area (Å²) in [6.07, 6.45) is 0.888. The highest BCUT2D eigenvalue weighted by atomic mass is 19.2. The number of halogens is 2. The lowest BCUT2D eigenvalue weighted by Gasteiger charge is -2.06. The molecule has 5 nitrogen and oxygen atoms in total. The number of rotatable bonds is 6. The fraction of sp³-hybridized carbons (Fsp3) is 0.385. The highest BCUT2D eigenvalue weighted by Gasteiger charge is 2.16. The first kappa shape index (κ1) is 14.5. The van der Waals surface area contributed by atoms with E-state index in [1.807, 2.05) is 6.92 Å². The third-order valence-corrected chi connectivity index (χ3v) is 2.59. The zero-order valence-corrected chi connectivity index (χ0v) is 11.0. The standard InChI is InChI=1S/C13H15F2N3O2/c1-2-5-19-7-11(16)12-17-13(20-18-12)8-3-4-9(14)10(15)6-8/h3-4,6,11H,2,5,7,16H2,1H3. The second-order valence-electron chi connectivity index (χ2n) is 4.27. The van der Waals surface area contributed by atoms with Gasteiger partial charge in [0.2, 0.25) is 0 Å². The van der Waals surface area contributed by atoms with Crippen molar-refractivity contribution in [3.05, 3.63) is 35.7 Å². The summed E-state index contributed by atoms with van der Waals surface area (Å²) in [6, 6.07) is 2.82. The lowest BCUT2D eigenvalue weighted by molar-refractivity contribution is 0.119. The van der Waals surface area contributed by atoms with Crippen LogP contribution in [0.3, 0.4) is 0 Å². The number of ether oxygens (including phenoxy) is 1. The summed E-state index contributed by atoms with van der Waals surface area (Å²) in [5.41, 5.74) is 6.13. The highest BCUT2D eigenvalue weighted by Crippen LogP contribution is 2.21. The van der Waals surface area contributed by atoms with Crippen LogP contribution in [0, 0.1) is 11.6 Å². The average molecular weight is 283 g/mol. The maximum atomic E-state index is 13.1. The van der Waals surface area contributed by atoms with Gasteiger partial charge in [-0.25, -0.2) is 8.78 Å². The summed E-state index contributed by atoms with van der Waals surface area (Å²) in [6.45, 7) is 2.85. The van der Waals surface area contributed by atoms with Crippen LogP contribution in [-0.4, -0.2) is 23.4 Å². The topological polar surface area (TPSA) is 74.2 Å². The Balaban J connectivity index is 2.09. The predicted molar refractivity (Wildman–Crippen MR) is 67.7 cm³/mol. The van der Waals surface area contributed by atoms with Gasteiger partial charge in [0, 0.05) is 12.2 Å². The van der Waals surface area contributed by atoms with E-state index in [4.69, 9.17) is 15.0 Å². The van der Waals surface area contributed by atoms with Crippen molar-refractivity contribution in [3.8, 4) is 11.5 Å². The van der Waals surface area contributed by atoms with E-state index in [1.54, 1.807) is 0 Å². The molecule has 0 radical (unpaired) electrons. The Hall–Kier alpha value is -1.86. The van der Waals surface area contributed by atoms with E-state index in [0.717, 1.165) is 18.6 Å². The van der Waals surface area contributed by atoms with Crippen molar-refractivity contribution in [1.82, 2.24) is 10.1 Å². The Morgan fingerprint density at radius 1 is 1.35 bits per heavy atom. The van der Waals surface area contributed by atoms with E-state index in [-0.39, 0.29) is 18.3 Å². The normalized spacial score (nSPS) is 12.6. The van der Waals surface area contributed by atoms with E-state index in [0.29, 0.717) is 12.2 Å². The molecule has 2 aromatic rings. The van der Waals surface area contributed by atoms with Crippen LogP contribution in [0.15, 0.2) is 22.7 Å². The Morgan fingerprint density at radius 3 is 2.85 bits per heavy atom. The van der Waals surface area contributed by atoms with Crippen molar-refractivity contribution in [1.29, 1.82) is 0 Å². The van der Waals surface area contributed by atoms with Crippen LogP contribution in [-0.2, 0) is 4.74 Å². The van der Waals surface area contributed by atoms with Gasteiger partial charge < -0.3 is 15.0 Å². The second kappa shape index (κ2) is 6.53. The summed E-state index contributed by atoms with van der Waals surface area (Å²) in [7, 11) is 0. The van der Waals surface area contributed by atoms with E-state index in [2.05, 4.69) is 10.1 Å². The Kier molecular flexibility index (Phi) is 4.75. The minimum atomic E-state index is -0.974. The van der Waals surface area contributed by atoms with Gasteiger partial charge in [0.1, 0.15) is 0 Å². The molecule has 2 N–H and O–H groups in total. The van der Waals surface area contributed by atoms with Crippen LogP contribution in [0.1, 0.15) is 25.2 Å². The quantitative estimate of drug-likeness (QED) is 0.824. The molecule has 20 heavy (non-hydrogen) atoms. The smallest absolute Gasteiger partial charge is 0.258 e. The van der Waals surface area contributed by atoms with Crippen molar-refractivity contribution >= 4 is 0 Å². The molecule has 0 fully saturated rings. The largest absolute Gasteiger partial charge is 0.379 e. The number of hydrogen-bond acceptors (Lipinski definition) is 5. The minimum Gasteiger partial charge on any atom is -0.379 e. The van der Waals surface area contributed by atoms with Crippen molar-refractivity contribution in [2.45, 2.75) is 19.4 Å². The number of nitrogens with zero attached hydrogens (tertiary/aromatic N) is 2. The van der Waals surface area contributed by atoms with E-state index in [9.17, 15) is 8.78 Å². The first-order valence-electron chi connectivity index (χ1n) is 6.24.